The van der Waals surface area contributed by atoms with E-state index in [-0.39, 0.29) is 5.69 Å². The predicted molar refractivity (Wildman–Crippen MR) is 47.8 cm³/mol. The lowest BCUT2D eigenvalue weighted by atomic mass is 10.3. The molecule has 0 N–H and O–H groups in total. The van der Waals surface area contributed by atoms with Gasteiger partial charge in [-0.3, -0.25) is 0 Å². The van der Waals surface area contributed by atoms with Crippen molar-refractivity contribution in [3.8, 4) is 0 Å². The Bertz CT molecular complexity index is 328. The summed E-state index contributed by atoms with van der Waals surface area (Å²) < 4.78 is 4.49. The Kier molecular flexibility index (Phi) is 3.19. The van der Waals surface area contributed by atoms with Gasteiger partial charge in [0.05, 0.1) is 19.0 Å². The molecule has 1 aromatic rings. The summed E-state index contributed by atoms with van der Waals surface area (Å²) in [6.07, 6.45) is 1.93. The Balaban J connectivity index is 3.06. The fraction of sp³-hybridized carbons (Fsp3) is 0.375. The topological polar surface area (TPSA) is 52.1 Å². The summed E-state index contributed by atoms with van der Waals surface area (Å²) in [7, 11) is 1.30. The molecule has 4 nitrogen and oxygen atoms in total. The van der Waals surface area contributed by atoms with Crippen LogP contribution in [0.15, 0.2) is 6.20 Å². The molecule has 0 aliphatic rings. The highest BCUT2D eigenvalue weighted by molar-refractivity contribution is 6.30. The van der Waals surface area contributed by atoms with Crippen LogP contribution in [0.25, 0.3) is 0 Å². The molecule has 0 aromatic carbocycles. The van der Waals surface area contributed by atoms with Crippen molar-refractivity contribution < 1.29 is 9.53 Å². The number of aryl methyl sites for hydroxylation is 1. The van der Waals surface area contributed by atoms with Crippen LogP contribution in [-0.2, 0) is 11.2 Å². The first kappa shape index (κ1) is 9.92. The first-order valence-electron chi connectivity index (χ1n) is 3.78. The molecular formula is C8H9ClN2O2. The summed E-state index contributed by atoms with van der Waals surface area (Å²) in [5.74, 6) is -0.501. The lowest BCUT2D eigenvalue weighted by Gasteiger charge is -2.01. The minimum absolute atomic E-state index is 0.184. The third-order valence-corrected chi connectivity index (χ3v) is 1.84. The second-order valence-corrected chi connectivity index (χ2v) is 2.70. The summed E-state index contributed by atoms with van der Waals surface area (Å²) in [6.45, 7) is 1.89. The van der Waals surface area contributed by atoms with Crippen molar-refractivity contribution >= 4 is 17.6 Å². The van der Waals surface area contributed by atoms with Crippen LogP contribution in [0.5, 0.6) is 0 Å². The van der Waals surface area contributed by atoms with Gasteiger partial charge in [0.25, 0.3) is 0 Å². The van der Waals surface area contributed by atoms with Crippen LogP contribution in [0.2, 0.25) is 5.15 Å². The van der Waals surface area contributed by atoms with E-state index in [1.54, 1.807) is 0 Å². The maximum Gasteiger partial charge on any atom is 0.358 e. The Labute approximate surface area is 80.9 Å². The molecule has 0 spiro atoms. The van der Waals surface area contributed by atoms with Gasteiger partial charge >= 0.3 is 5.97 Å². The van der Waals surface area contributed by atoms with E-state index in [0.29, 0.717) is 17.3 Å². The normalized spacial score (nSPS) is 9.77. The highest BCUT2D eigenvalue weighted by atomic mass is 35.5. The molecule has 0 fully saturated rings. The number of methoxy groups -OCH3 is 1. The maximum atomic E-state index is 11.0. The molecule has 0 bridgehead atoms. The van der Waals surface area contributed by atoms with E-state index in [1.165, 1.54) is 13.3 Å². The minimum atomic E-state index is -0.501. The second-order valence-electron chi connectivity index (χ2n) is 2.34. The van der Waals surface area contributed by atoms with Crippen LogP contribution in [0, 0.1) is 0 Å². The van der Waals surface area contributed by atoms with Crippen molar-refractivity contribution in [3.05, 3.63) is 22.7 Å². The lowest BCUT2D eigenvalue weighted by Crippen LogP contribution is -2.07. The van der Waals surface area contributed by atoms with Gasteiger partial charge in [-0.15, -0.1) is 0 Å². The van der Waals surface area contributed by atoms with E-state index in [9.17, 15) is 4.79 Å². The zero-order chi connectivity index (χ0) is 9.84. The van der Waals surface area contributed by atoms with E-state index in [0.717, 1.165) is 0 Å². The molecule has 0 atom stereocenters. The molecule has 13 heavy (non-hydrogen) atoms. The van der Waals surface area contributed by atoms with Crippen molar-refractivity contribution in [2.75, 3.05) is 7.11 Å². The van der Waals surface area contributed by atoms with Gasteiger partial charge in [0.15, 0.2) is 10.8 Å². The smallest absolute Gasteiger partial charge is 0.358 e. The average molecular weight is 201 g/mol. The number of nitrogens with zero attached hydrogens (tertiary/aromatic N) is 2. The third-order valence-electron chi connectivity index (χ3n) is 1.52. The predicted octanol–water partition coefficient (Wildman–Crippen LogP) is 1.48. The van der Waals surface area contributed by atoms with Gasteiger partial charge in [0.2, 0.25) is 0 Å². The molecule has 0 saturated carbocycles. The molecule has 0 aliphatic carbocycles. The molecule has 1 aromatic heterocycles. The number of carbonyl (C=O) groups excluding carboxylic acids is 1. The van der Waals surface area contributed by atoms with Gasteiger partial charge in [-0.25, -0.2) is 14.8 Å². The molecule has 1 heterocycles. The van der Waals surface area contributed by atoms with Crippen LogP contribution >= 0.6 is 11.6 Å². The number of aromatic nitrogens is 2. The molecule has 0 aliphatic heterocycles. The molecular weight excluding hydrogens is 192 g/mol. The number of hydrogen-bond donors (Lipinski definition) is 0. The van der Waals surface area contributed by atoms with Crippen LogP contribution in [0.1, 0.15) is 23.1 Å². The maximum absolute atomic E-state index is 11.0. The zero-order valence-electron chi connectivity index (χ0n) is 7.37. The molecule has 5 heteroatoms. The summed E-state index contributed by atoms with van der Waals surface area (Å²) >= 11 is 5.72. The highest BCUT2D eigenvalue weighted by Gasteiger charge is 2.10. The summed E-state index contributed by atoms with van der Waals surface area (Å²) in [5.41, 5.74) is 0.785. The summed E-state index contributed by atoms with van der Waals surface area (Å²) in [4.78, 5) is 18.8. The van der Waals surface area contributed by atoms with Gasteiger partial charge in [0.1, 0.15) is 0 Å². The zero-order valence-corrected chi connectivity index (χ0v) is 8.13. The molecule has 0 amide bonds. The van der Waals surface area contributed by atoms with E-state index in [4.69, 9.17) is 11.6 Å². The van der Waals surface area contributed by atoms with Crippen molar-refractivity contribution in [1.82, 2.24) is 9.97 Å². The minimum Gasteiger partial charge on any atom is -0.464 e. The van der Waals surface area contributed by atoms with Crippen LogP contribution in [-0.4, -0.2) is 23.0 Å². The molecule has 0 unspecified atom stereocenters. The number of halogens is 1. The van der Waals surface area contributed by atoms with Gasteiger partial charge in [-0.2, -0.15) is 0 Å². The number of carbonyl (C=O) groups is 1. The first-order chi connectivity index (χ1) is 6.19. The van der Waals surface area contributed by atoms with Crippen molar-refractivity contribution in [1.29, 1.82) is 0 Å². The lowest BCUT2D eigenvalue weighted by molar-refractivity contribution is 0.0593. The average Bonchev–Trinajstić information content (AvgIpc) is 2.17. The van der Waals surface area contributed by atoms with E-state index in [2.05, 4.69) is 14.7 Å². The van der Waals surface area contributed by atoms with E-state index < -0.39 is 5.97 Å². The van der Waals surface area contributed by atoms with Gasteiger partial charge in [-0.05, 0) is 6.42 Å². The third kappa shape index (κ3) is 2.15. The Morgan fingerprint density at radius 2 is 2.38 bits per heavy atom. The Morgan fingerprint density at radius 1 is 1.69 bits per heavy atom. The van der Waals surface area contributed by atoms with Crippen molar-refractivity contribution in [2.45, 2.75) is 13.3 Å². The molecule has 1 rings (SSSR count). The number of esters is 1. The van der Waals surface area contributed by atoms with Gasteiger partial charge in [-0.1, -0.05) is 18.5 Å². The van der Waals surface area contributed by atoms with Crippen molar-refractivity contribution in [2.24, 2.45) is 0 Å². The summed E-state index contributed by atoms with van der Waals surface area (Å²) in [5, 5.41) is 0.329. The summed E-state index contributed by atoms with van der Waals surface area (Å²) in [6, 6.07) is 0. The molecule has 0 saturated heterocycles. The monoisotopic (exact) mass is 200 g/mol. The highest BCUT2D eigenvalue weighted by Crippen LogP contribution is 2.11. The van der Waals surface area contributed by atoms with Gasteiger partial charge < -0.3 is 4.74 Å². The Hall–Kier alpha value is -1.16. The van der Waals surface area contributed by atoms with Crippen molar-refractivity contribution in [3.63, 3.8) is 0 Å². The van der Waals surface area contributed by atoms with Gasteiger partial charge in [0, 0.05) is 0 Å². The number of ether oxygens (including phenoxy) is 1. The van der Waals surface area contributed by atoms with Crippen LogP contribution < -0.4 is 0 Å². The molecule has 0 radical (unpaired) electrons. The van der Waals surface area contributed by atoms with E-state index in [1.807, 2.05) is 6.92 Å². The quantitative estimate of drug-likeness (QED) is 0.679. The SMILES string of the molecule is CCc1nc(C(=O)OC)cnc1Cl. The second kappa shape index (κ2) is 4.18. The standard InChI is InChI=1S/C8H9ClN2O2/c1-3-5-7(9)10-4-6(11-5)8(12)13-2/h4H,3H2,1-2H3. The first-order valence-corrected chi connectivity index (χ1v) is 4.16. The van der Waals surface area contributed by atoms with Crippen LogP contribution in [0.4, 0.5) is 0 Å². The molecule has 70 valence electrons. The number of rotatable bonds is 2. The fourth-order valence-electron chi connectivity index (χ4n) is 0.841. The largest absolute Gasteiger partial charge is 0.464 e. The Morgan fingerprint density at radius 3 is 2.92 bits per heavy atom. The fourth-order valence-corrected chi connectivity index (χ4v) is 1.07. The van der Waals surface area contributed by atoms with Crippen LogP contribution in [0.3, 0.4) is 0 Å². The van der Waals surface area contributed by atoms with E-state index >= 15 is 0 Å². The number of hydrogen-bond acceptors (Lipinski definition) is 4.